The third-order valence-electron chi connectivity index (χ3n) is 2.73. The van der Waals surface area contributed by atoms with Gasteiger partial charge in [0.2, 0.25) is 0 Å². The van der Waals surface area contributed by atoms with Crippen LogP contribution >= 0.6 is 0 Å². The van der Waals surface area contributed by atoms with Crippen LogP contribution in [0.15, 0.2) is 24.3 Å². The molecule has 19 heavy (non-hydrogen) atoms. The molecule has 5 heteroatoms. The molecule has 1 aliphatic rings. The molecule has 0 saturated carbocycles. The van der Waals surface area contributed by atoms with E-state index in [4.69, 9.17) is 14.7 Å². The van der Waals surface area contributed by atoms with Crippen molar-refractivity contribution in [3.05, 3.63) is 24.3 Å². The van der Waals surface area contributed by atoms with Crippen molar-refractivity contribution in [3.63, 3.8) is 0 Å². The summed E-state index contributed by atoms with van der Waals surface area (Å²) in [5.41, 5.74) is 0.640. The number of carbonyl (C=O) groups excluding carboxylic acids is 1. The smallest absolute Gasteiger partial charge is 0.414 e. The minimum absolute atomic E-state index is 0.00808. The second-order valence-corrected chi connectivity index (χ2v) is 4.65. The van der Waals surface area contributed by atoms with Crippen molar-refractivity contribution >= 4 is 11.8 Å². The van der Waals surface area contributed by atoms with Gasteiger partial charge in [0.15, 0.2) is 0 Å². The molecule has 1 unspecified atom stereocenters. The monoisotopic (exact) mass is 260 g/mol. The van der Waals surface area contributed by atoms with Crippen molar-refractivity contribution < 1.29 is 14.3 Å². The van der Waals surface area contributed by atoms with Gasteiger partial charge < -0.3 is 9.47 Å². The first kappa shape index (κ1) is 13.2. The van der Waals surface area contributed by atoms with Gasteiger partial charge in [-0.05, 0) is 26.0 Å². The highest BCUT2D eigenvalue weighted by Gasteiger charge is 2.30. The van der Waals surface area contributed by atoms with E-state index in [2.05, 4.69) is 6.07 Å². The van der Waals surface area contributed by atoms with Crippen LogP contribution in [-0.2, 0) is 4.74 Å². The average Bonchev–Trinajstić information content (AvgIpc) is 2.40. The van der Waals surface area contributed by atoms with Crippen LogP contribution in [0.3, 0.4) is 0 Å². The second-order valence-electron chi connectivity index (χ2n) is 4.65. The summed E-state index contributed by atoms with van der Waals surface area (Å²) in [5, 5.41) is 8.96. The highest BCUT2D eigenvalue weighted by molar-refractivity contribution is 5.90. The molecule has 1 aromatic carbocycles. The number of rotatable bonds is 3. The van der Waals surface area contributed by atoms with E-state index in [0.29, 0.717) is 18.0 Å². The molecule has 0 spiro atoms. The van der Waals surface area contributed by atoms with E-state index in [0.717, 1.165) is 0 Å². The molecule has 2 rings (SSSR count). The summed E-state index contributed by atoms with van der Waals surface area (Å²) in [6.07, 6.45) is -0.431. The number of amides is 1. The highest BCUT2D eigenvalue weighted by Crippen LogP contribution is 2.31. The van der Waals surface area contributed by atoms with Gasteiger partial charge in [0.1, 0.15) is 12.4 Å². The molecular formula is C14H16N2O3. The lowest BCUT2D eigenvalue weighted by atomic mass is 10.1. The Hall–Kier alpha value is -2.22. The van der Waals surface area contributed by atoms with Gasteiger partial charge in [0.25, 0.3) is 0 Å². The quantitative estimate of drug-likeness (QED) is 0.838. The minimum atomic E-state index is -0.439. The molecule has 1 fully saturated rings. The van der Waals surface area contributed by atoms with E-state index in [9.17, 15) is 4.79 Å². The maximum absolute atomic E-state index is 11.8. The number of benzene rings is 1. The van der Waals surface area contributed by atoms with E-state index in [1.54, 1.807) is 12.1 Å². The van der Waals surface area contributed by atoms with Crippen molar-refractivity contribution in [2.75, 3.05) is 18.1 Å². The second kappa shape index (κ2) is 5.61. The molecule has 1 saturated heterocycles. The molecule has 1 amide bonds. The van der Waals surface area contributed by atoms with Crippen molar-refractivity contribution in [1.29, 1.82) is 5.26 Å². The molecule has 5 nitrogen and oxygen atoms in total. The van der Waals surface area contributed by atoms with Gasteiger partial charge in [-0.1, -0.05) is 12.1 Å². The molecule has 1 atom stereocenters. The summed E-state index contributed by atoms with van der Waals surface area (Å²) in [7, 11) is 0. The van der Waals surface area contributed by atoms with Gasteiger partial charge in [-0.2, -0.15) is 5.26 Å². The van der Waals surface area contributed by atoms with Gasteiger partial charge in [0.05, 0.1) is 23.8 Å². The molecule has 1 heterocycles. The SMILES string of the molecule is CC(C)Oc1ccccc1N1CC(C#N)COC1=O. The number of anilines is 1. The lowest BCUT2D eigenvalue weighted by Crippen LogP contribution is -2.43. The molecular weight excluding hydrogens is 244 g/mol. The van der Waals surface area contributed by atoms with E-state index < -0.39 is 6.09 Å². The highest BCUT2D eigenvalue weighted by atomic mass is 16.6. The van der Waals surface area contributed by atoms with Crippen LogP contribution in [0.25, 0.3) is 0 Å². The first-order valence-electron chi connectivity index (χ1n) is 6.21. The van der Waals surface area contributed by atoms with E-state index in [-0.39, 0.29) is 18.6 Å². The van der Waals surface area contributed by atoms with Gasteiger partial charge in [0, 0.05) is 6.54 Å². The van der Waals surface area contributed by atoms with Crippen LogP contribution < -0.4 is 9.64 Å². The van der Waals surface area contributed by atoms with Crippen LogP contribution in [0.2, 0.25) is 0 Å². The molecule has 0 aliphatic carbocycles. The number of ether oxygens (including phenoxy) is 2. The van der Waals surface area contributed by atoms with Crippen LogP contribution in [0.1, 0.15) is 13.8 Å². The number of carbonyl (C=O) groups is 1. The van der Waals surface area contributed by atoms with Crippen molar-refractivity contribution in [3.8, 4) is 11.8 Å². The summed E-state index contributed by atoms with van der Waals surface area (Å²) >= 11 is 0. The lowest BCUT2D eigenvalue weighted by Gasteiger charge is -2.30. The third kappa shape index (κ3) is 2.97. The van der Waals surface area contributed by atoms with E-state index in [1.807, 2.05) is 26.0 Å². The molecule has 1 aliphatic heterocycles. The fourth-order valence-corrected chi connectivity index (χ4v) is 1.91. The number of nitrogens with zero attached hydrogens (tertiary/aromatic N) is 2. The van der Waals surface area contributed by atoms with Crippen molar-refractivity contribution in [1.82, 2.24) is 0 Å². The van der Waals surface area contributed by atoms with Crippen molar-refractivity contribution in [2.45, 2.75) is 20.0 Å². The Morgan fingerprint density at radius 1 is 1.47 bits per heavy atom. The Labute approximate surface area is 112 Å². The maximum Gasteiger partial charge on any atom is 0.414 e. The zero-order chi connectivity index (χ0) is 13.8. The molecule has 0 bridgehead atoms. The van der Waals surface area contributed by atoms with Crippen LogP contribution in [0.4, 0.5) is 10.5 Å². The van der Waals surface area contributed by atoms with E-state index >= 15 is 0 Å². The largest absolute Gasteiger partial charge is 0.489 e. The third-order valence-corrected chi connectivity index (χ3v) is 2.73. The molecule has 1 aromatic rings. The zero-order valence-corrected chi connectivity index (χ0v) is 11.0. The maximum atomic E-state index is 11.8. The molecule has 0 radical (unpaired) electrons. The standard InChI is InChI=1S/C14H16N2O3/c1-10(2)19-13-6-4-3-5-12(13)16-8-11(7-15)9-18-14(16)17/h3-6,10-11H,8-9H2,1-2H3. The summed E-state index contributed by atoms with van der Waals surface area (Å²) in [6, 6.07) is 9.39. The number of hydrogen-bond donors (Lipinski definition) is 0. The van der Waals surface area contributed by atoms with E-state index in [1.165, 1.54) is 4.90 Å². The van der Waals surface area contributed by atoms with Gasteiger partial charge in [-0.15, -0.1) is 0 Å². The normalized spacial score (nSPS) is 18.9. The number of cyclic esters (lactones) is 1. The zero-order valence-electron chi connectivity index (χ0n) is 11.0. The Morgan fingerprint density at radius 3 is 2.89 bits per heavy atom. The fourth-order valence-electron chi connectivity index (χ4n) is 1.91. The number of nitriles is 1. The Bertz CT molecular complexity index is 508. The molecule has 100 valence electrons. The fraction of sp³-hybridized carbons (Fsp3) is 0.429. The predicted molar refractivity (Wildman–Crippen MR) is 70.0 cm³/mol. The lowest BCUT2D eigenvalue weighted by molar-refractivity contribution is 0.126. The Balaban J connectivity index is 2.29. The van der Waals surface area contributed by atoms with Gasteiger partial charge in [-0.25, -0.2) is 4.79 Å². The van der Waals surface area contributed by atoms with Crippen LogP contribution in [0, 0.1) is 17.2 Å². The minimum Gasteiger partial charge on any atom is -0.489 e. The van der Waals surface area contributed by atoms with Gasteiger partial charge in [-0.3, -0.25) is 4.90 Å². The topological polar surface area (TPSA) is 62.6 Å². The summed E-state index contributed by atoms with van der Waals surface area (Å²) in [6.45, 7) is 4.32. The Kier molecular flexibility index (Phi) is 3.91. The number of para-hydroxylation sites is 2. The first-order chi connectivity index (χ1) is 9.11. The van der Waals surface area contributed by atoms with Crippen LogP contribution in [-0.4, -0.2) is 25.3 Å². The van der Waals surface area contributed by atoms with Gasteiger partial charge >= 0.3 is 6.09 Å². The predicted octanol–water partition coefficient (Wildman–Crippen LogP) is 2.57. The summed E-state index contributed by atoms with van der Waals surface area (Å²) in [4.78, 5) is 13.3. The first-order valence-corrected chi connectivity index (χ1v) is 6.21. The van der Waals surface area contributed by atoms with Crippen LogP contribution in [0.5, 0.6) is 5.75 Å². The summed E-state index contributed by atoms with van der Waals surface area (Å²) < 4.78 is 10.7. The molecule has 0 N–H and O–H groups in total. The Morgan fingerprint density at radius 2 is 2.21 bits per heavy atom. The number of hydrogen-bond acceptors (Lipinski definition) is 4. The molecule has 0 aromatic heterocycles. The summed E-state index contributed by atoms with van der Waals surface area (Å²) in [5.74, 6) is 0.304. The average molecular weight is 260 g/mol. The van der Waals surface area contributed by atoms with Crippen molar-refractivity contribution in [2.24, 2.45) is 5.92 Å².